The minimum atomic E-state index is -3.15. The zero-order valence-electron chi connectivity index (χ0n) is 13.0. The number of hydrogen-bond acceptors (Lipinski definition) is 5. The molecule has 0 aromatic heterocycles. The first-order chi connectivity index (χ1) is 11.0. The molecule has 1 fully saturated rings. The van der Waals surface area contributed by atoms with Gasteiger partial charge in [-0.25, -0.2) is 8.42 Å². The Morgan fingerprint density at radius 1 is 0.913 bits per heavy atom. The van der Waals surface area contributed by atoms with E-state index in [1.54, 1.807) is 24.3 Å². The summed E-state index contributed by atoms with van der Waals surface area (Å²) in [7, 11) is -3.15. The summed E-state index contributed by atoms with van der Waals surface area (Å²) in [6.45, 7) is 3.37. The van der Waals surface area contributed by atoms with Gasteiger partial charge in [-0.2, -0.15) is 0 Å². The quantitative estimate of drug-likeness (QED) is 0.933. The lowest BCUT2D eigenvalue weighted by Crippen LogP contribution is -2.36. The first-order valence-corrected chi connectivity index (χ1v) is 9.41. The number of benzene rings is 2. The van der Waals surface area contributed by atoms with Crippen molar-refractivity contribution < 1.29 is 13.2 Å². The van der Waals surface area contributed by atoms with Crippen LogP contribution in [0.2, 0.25) is 0 Å². The number of rotatable bonds is 4. The Kier molecular flexibility index (Phi) is 4.54. The van der Waals surface area contributed by atoms with Gasteiger partial charge in [0.1, 0.15) is 0 Å². The molecule has 1 heterocycles. The van der Waals surface area contributed by atoms with Crippen LogP contribution in [0.4, 0.5) is 17.1 Å². The van der Waals surface area contributed by atoms with Crippen LogP contribution in [0.1, 0.15) is 0 Å². The second-order valence-corrected chi connectivity index (χ2v) is 7.58. The fourth-order valence-electron chi connectivity index (χ4n) is 2.53. The van der Waals surface area contributed by atoms with Crippen molar-refractivity contribution in [3.63, 3.8) is 0 Å². The van der Waals surface area contributed by atoms with E-state index >= 15 is 0 Å². The third-order valence-corrected chi connectivity index (χ3v) is 4.94. The average Bonchev–Trinajstić information content (AvgIpc) is 2.56. The molecule has 3 rings (SSSR count). The van der Waals surface area contributed by atoms with Crippen LogP contribution < -0.4 is 10.2 Å². The van der Waals surface area contributed by atoms with Crippen LogP contribution in [0.25, 0.3) is 0 Å². The number of sulfone groups is 1. The van der Waals surface area contributed by atoms with Gasteiger partial charge in [0.15, 0.2) is 9.84 Å². The molecule has 0 saturated carbocycles. The topological polar surface area (TPSA) is 58.6 Å². The maximum Gasteiger partial charge on any atom is 0.175 e. The smallest absolute Gasteiger partial charge is 0.175 e. The molecule has 1 N–H and O–H groups in total. The van der Waals surface area contributed by atoms with Gasteiger partial charge in [-0.15, -0.1) is 0 Å². The van der Waals surface area contributed by atoms with Crippen LogP contribution in [0.3, 0.4) is 0 Å². The molecule has 0 aliphatic carbocycles. The molecule has 0 amide bonds. The second-order valence-electron chi connectivity index (χ2n) is 5.57. The van der Waals surface area contributed by atoms with E-state index in [9.17, 15) is 8.42 Å². The third-order valence-electron chi connectivity index (χ3n) is 3.81. The molecule has 0 atom stereocenters. The number of morpholine rings is 1. The highest BCUT2D eigenvalue weighted by Gasteiger charge is 2.11. The SMILES string of the molecule is CS(=O)(=O)c1ccc(Nc2ccc(N3CCOCC3)cc2)cc1. The lowest BCUT2D eigenvalue weighted by Gasteiger charge is -2.28. The summed E-state index contributed by atoms with van der Waals surface area (Å²) < 4.78 is 28.3. The highest BCUT2D eigenvalue weighted by Crippen LogP contribution is 2.22. The molecule has 1 aliphatic heterocycles. The maximum atomic E-state index is 11.5. The molecule has 122 valence electrons. The van der Waals surface area contributed by atoms with Gasteiger partial charge < -0.3 is 15.0 Å². The van der Waals surface area contributed by atoms with E-state index in [0.29, 0.717) is 4.90 Å². The van der Waals surface area contributed by atoms with Crippen LogP contribution in [-0.2, 0) is 14.6 Å². The van der Waals surface area contributed by atoms with Crippen molar-refractivity contribution in [3.05, 3.63) is 48.5 Å². The van der Waals surface area contributed by atoms with Gasteiger partial charge >= 0.3 is 0 Å². The van der Waals surface area contributed by atoms with Gasteiger partial charge in [-0.05, 0) is 48.5 Å². The molecular weight excluding hydrogens is 312 g/mol. The summed E-state index contributed by atoms with van der Waals surface area (Å²) in [5.74, 6) is 0. The standard InChI is InChI=1S/C17H20N2O3S/c1-23(20,21)17-8-4-15(5-9-17)18-14-2-6-16(7-3-14)19-10-12-22-13-11-19/h2-9,18H,10-13H2,1H3. The summed E-state index contributed by atoms with van der Waals surface area (Å²) >= 11 is 0. The summed E-state index contributed by atoms with van der Waals surface area (Å²) in [5.41, 5.74) is 3.01. The molecule has 2 aromatic carbocycles. The lowest BCUT2D eigenvalue weighted by molar-refractivity contribution is 0.122. The molecular formula is C17H20N2O3S. The molecule has 6 heteroatoms. The first-order valence-electron chi connectivity index (χ1n) is 7.52. The van der Waals surface area contributed by atoms with E-state index in [1.165, 1.54) is 11.9 Å². The normalized spacial score (nSPS) is 15.4. The van der Waals surface area contributed by atoms with E-state index in [1.807, 2.05) is 12.1 Å². The summed E-state index contributed by atoms with van der Waals surface area (Å²) in [6, 6.07) is 15.0. The second kappa shape index (κ2) is 6.60. The Morgan fingerprint density at radius 3 is 1.96 bits per heavy atom. The molecule has 2 aromatic rings. The fourth-order valence-corrected chi connectivity index (χ4v) is 3.16. The largest absolute Gasteiger partial charge is 0.378 e. The summed E-state index contributed by atoms with van der Waals surface area (Å²) in [4.78, 5) is 2.62. The van der Waals surface area contributed by atoms with E-state index < -0.39 is 9.84 Å². The molecule has 5 nitrogen and oxygen atoms in total. The first kappa shape index (κ1) is 15.8. The molecule has 1 aliphatic rings. The Labute approximate surface area is 136 Å². The Morgan fingerprint density at radius 2 is 1.43 bits per heavy atom. The van der Waals surface area contributed by atoms with Crippen LogP contribution in [-0.4, -0.2) is 41.0 Å². The van der Waals surface area contributed by atoms with Gasteiger partial charge in [-0.1, -0.05) is 0 Å². The third kappa shape index (κ3) is 4.03. The number of hydrogen-bond donors (Lipinski definition) is 1. The summed E-state index contributed by atoms with van der Waals surface area (Å²) in [5, 5.41) is 3.27. The molecule has 0 bridgehead atoms. The van der Waals surface area contributed by atoms with Gasteiger partial charge in [-0.3, -0.25) is 0 Å². The molecule has 0 radical (unpaired) electrons. The van der Waals surface area contributed by atoms with Gasteiger partial charge in [0.2, 0.25) is 0 Å². The van der Waals surface area contributed by atoms with Crippen molar-refractivity contribution in [1.82, 2.24) is 0 Å². The van der Waals surface area contributed by atoms with E-state index in [2.05, 4.69) is 22.3 Å². The van der Waals surface area contributed by atoms with Crippen LogP contribution >= 0.6 is 0 Å². The lowest BCUT2D eigenvalue weighted by atomic mass is 10.2. The van der Waals surface area contributed by atoms with Crippen molar-refractivity contribution in [2.45, 2.75) is 4.90 Å². The Balaban J connectivity index is 1.68. The van der Waals surface area contributed by atoms with Crippen molar-refractivity contribution in [2.75, 3.05) is 42.8 Å². The van der Waals surface area contributed by atoms with Crippen LogP contribution in [0.15, 0.2) is 53.4 Å². The van der Waals surface area contributed by atoms with Gasteiger partial charge in [0, 0.05) is 36.4 Å². The maximum absolute atomic E-state index is 11.5. The van der Waals surface area contributed by atoms with E-state index in [4.69, 9.17) is 4.74 Å². The molecule has 0 spiro atoms. The van der Waals surface area contributed by atoms with Crippen molar-refractivity contribution in [3.8, 4) is 0 Å². The predicted molar refractivity (Wildman–Crippen MR) is 92.3 cm³/mol. The Hall–Kier alpha value is -2.05. The zero-order valence-corrected chi connectivity index (χ0v) is 13.8. The molecule has 0 unspecified atom stereocenters. The minimum Gasteiger partial charge on any atom is -0.378 e. The van der Waals surface area contributed by atoms with Crippen LogP contribution in [0, 0.1) is 0 Å². The zero-order chi connectivity index (χ0) is 16.3. The highest BCUT2D eigenvalue weighted by atomic mass is 32.2. The van der Waals surface area contributed by atoms with Gasteiger partial charge in [0.25, 0.3) is 0 Å². The molecule has 23 heavy (non-hydrogen) atoms. The average molecular weight is 332 g/mol. The van der Waals surface area contributed by atoms with Crippen LogP contribution in [0.5, 0.6) is 0 Å². The van der Waals surface area contributed by atoms with E-state index in [-0.39, 0.29) is 0 Å². The fraction of sp³-hybridized carbons (Fsp3) is 0.294. The number of nitrogens with zero attached hydrogens (tertiary/aromatic N) is 1. The predicted octanol–water partition coefficient (Wildman–Crippen LogP) is 2.67. The Bertz CT molecular complexity index is 749. The number of anilines is 3. The van der Waals surface area contributed by atoms with Crippen molar-refractivity contribution >= 4 is 26.9 Å². The summed E-state index contributed by atoms with van der Waals surface area (Å²) in [6.07, 6.45) is 1.21. The number of nitrogens with one attached hydrogen (secondary N) is 1. The van der Waals surface area contributed by atoms with Crippen molar-refractivity contribution in [1.29, 1.82) is 0 Å². The number of ether oxygens (including phenoxy) is 1. The minimum absolute atomic E-state index is 0.325. The highest BCUT2D eigenvalue weighted by molar-refractivity contribution is 7.90. The van der Waals surface area contributed by atoms with E-state index in [0.717, 1.165) is 37.7 Å². The van der Waals surface area contributed by atoms with Gasteiger partial charge in [0.05, 0.1) is 18.1 Å². The van der Waals surface area contributed by atoms with Crippen molar-refractivity contribution in [2.24, 2.45) is 0 Å². The monoisotopic (exact) mass is 332 g/mol. The molecule has 1 saturated heterocycles.